The van der Waals surface area contributed by atoms with Crippen LogP contribution in [0.1, 0.15) is 0 Å². The zero-order chi connectivity index (χ0) is 30.9. The van der Waals surface area contributed by atoms with Crippen LogP contribution in [0, 0.1) is 0 Å². The summed E-state index contributed by atoms with van der Waals surface area (Å²) in [6.07, 6.45) is 1.89. The van der Waals surface area contributed by atoms with Crippen molar-refractivity contribution in [2.24, 2.45) is 0 Å². The molecule has 0 bridgehead atoms. The third kappa shape index (κ3) is 3.97. The molecule has 1 aliphatic carbocycles. The van der Waals surface area contributed by atoms with Gasteiger partial charge in [-0.2, -0.15) is 0 Å². The highest BCUT2D eigenvalue weighted by Crippen LogP contribution is 2.48. The molecule has 0 radical (unpaired) electrons. The second-order valence-corrected chi connectivity index (χ2v) is 11.8. The molecule has 218 valence electrons. The Balaban J connectivity index is 1.22. The maximum absolute atomic E-state index is 6.24. The standard InChI is InChI=1S/C42H24N4O/c1-2-9-25(10-3-1)26-17-19-27(20-18-26)40-44-41(33-14-8-16-36-37(33)32-13-6-7-15-35(32)47-36)46-42(45-40)34-22-21-30-28-11-4-5-12-29(28)31-23-24-43-39(34)38(30)31/h1-24H. The van der Waals surface area contributed by atoms with Gasteiger partial charge in [0.25, 0.3) is 0 Å². The average molecular weight is 601 g/mol. The van der Waals surface area contributed by atoms with E-state index in [0.717, 1.165) is 60.7 Å². The highest BCUT2D eigenvalue weighted by Gasteiger charge is 2.25. The van der Waals surface area contributed by atoms with E-state index in [1.807, 2.05) is 42.6 Å². The number of para-hydroxylation sites is 1. The normalized spacial score (nSPS) is 11.8. The van der Waals surface area contributed by atoms with E-state index < -0.39 is 0 Å². The molecule has 0 unspecified atom stereocenters. The monoisotopic (exact) mass is 600 g/mol. The van der Waals surface area contributed by atoms with Crippen LogP contribution in [0.5, 0.6) is 0 Å². The van der Waals surface area contributed by atoms with Gasteiger partial charge in [-0.15, -0.1) is 0 Å². The summed E-state index contributed by atoms with van der Waals surface area (Å²) in [5, 5.41) is 3.14. The molecule has 0 saturated carbocycles. The van der Waals surface area contributed by atoms with E-state index >= 15 is 0 Å². The first-order valence-corrected chi connectivity index (χ1v) is 15.6. The van der Waals surface area contributed by atoms with Crippen molar-refractivity contribution in [1.29, 1.82) is 0 Å². The minimum Gasteiger partial charge on any atom is -0.456 e. The van der Waals surface area contributed by atoms with Crippen LogP contribution < -0.4 is 0 Å². The van der Waals surface area contributed by atoms with Crippen molar-refractivity contribution in [1.82, 2.24) is 19.9 Å². The van der Waals surface area contributed by atoms with Gasteiger partial charge in [0, 0.05) is 39.0 Å². The predicted octanol–water partition coefficient (Wildman–Crippen LogP) is 10.6. The third-order valence-corrected chi connectivity index (χ3v) is 9.17. The summed E-state index contributed by atoms with van der Waals surface area (Å²) in [7, 11) is 0. The number of hydrogen-bond acceptors (Lipinski definition) is 5. The molecule has 0 spiro atoms. The van der Waals surface area contributed by atoms with Crippen LogP contribution in [0.25, 0.3) is 100 Å². The van der Waals surface area contributed by atoms with E-state index in [1.54, 1.807) is 0 Å². The van der Waals surface area contributed by atoms with Gasteiger partial charge >= 0.3 is 0 Å². The van der Waals surface area contributed by atoms with Crippen LogP contribution in [0.4, 0.5) is 0 Å². The van der Waals surface area contributed by atoms with Gasteiger partial charge in [-0.25, -0.2) is 15.0 Å². The lowest BCUT2D eigenvalue weighted by Crippen LogP contribution is -2.01. The van der Waals surface area contributed by atoms with Crippen LogP contribution in [0.15, 0.2) is 150 Å². The molecule has 47 heavy (non-hydrogen) atoms. The Morgan fingerprint density at radius 3 is 1.79 bits per heavy atom. The maximum atomic E-state index is 6.24. The topological polar surface area (TPSA) is 64.7 Å². The Morgan fingerprint density at radius 2 is 0.957 bits per heavy atom. The minimum atomic E-state index is 0.578. The molecule has 1 aliphatic rings. The SMILES string of the molecule is c1ccc(-c2ccc(-c3nc(-c4ccc5c6c(ccnc46)-c4ccccc4-5)nc(-c4cccc5oc6ccccc6c45)n3)cc2)cc1. The average Bonchev–Trinajstić information content (AvgIpc) is 3.69. The highest BCUT2D eigenvalue weighted by atomic mass is 16.3. The van der Waals surface area contributed by atoms with Gasteiger partial charge in [0.2, 0.25) is 0 Å². The molecule has 6 aromatic carbocycles. The largest absolute Gasteiger partial charge is 0.456 e. The maximum Gasteiger partial charge on any atom is 0.166 e. The fourth-order valence-electron chi connectivity index (χ4n) is 7.00. The Labute approximate surface area is 269 Å². The number of hydrogen-bond donors (Lipinski definition) is 0. The van der Waals surface area contributed by atoms with E-state index in [2.05, 4.69) is 103 Å². The quantitative estimate of drug-likeness (QED) is 0.201. The molecule has 5 heteroatoms. The number of rotatable bonds is 4. The number of nitrogens with zero attached hydrogens (tertiary/aromatic N) is 4. The minimum absolute atomic E-state index is 0.578. The Hall–Kier alpha value is -6.46. The molecular weight excluding hydrogens is 576 g/mol. The van der Waals surface area contributed by atoms with Crippen LogP contribution >= 0.6 is 0 Å². The molecular formula is C42H24N4O. The van der Waals surface area contributed by atoms with E-state index in [-0.39, 0.29) is 0 Å². The molecule has 0 atom stereocenters. The lowest BCUT2D eigenvalue weighted by atomic mass is 10.0. The van der Waals surface area contributed by atoms with Crippen molar-refractivity contribution in [2.75, 3.05) is 0 Å². The predicted molar refractivity (Wildman–Crippen MR) is 189 cm³/mol. The second kappa shape index (κ2) is 10.0. The summed E-state index contributed by atoms with van der Waals surface area (Å²) < 4.78 is 6.24. The fraction of sp³-hybridized carbons (Fsp3) is 0. The van der Waals surface area contributed by atoms with Gasteiger partial charge in [0.05, 0.1) is 5.52 Å². The lowest BCUT2D eigenvalue weighted by Gasteiger charge is -2.12. The van der Waals surface area contributed by atoms with Gasteiger partial charge in [0.15, 0.2) is 17.5 Å². The van der Waals surface area contributed by atoms with E-state index in [4.69, 9.17) is 24.4 Å². The van der Waals surface area contributed by atoms with E-state index in [1.165, 1.54) is 22.3 Å². The summed E-state index contributed by atoms with van der Waals surface area (Å²) in [5.74, 6) is 1.76. The van der Waals surface area contributed by atoms with Crippen LogP contribution in [0.3, 0.4) is 0 Å². The highest BCUT2D eigenvalue weighted by molar-refractivity contribution is 6.17. The van der Waals surface area contributed by atoms with Crippen molar-refractivity contribution >= 4 is 32.8 Å². The molecule has 3 aromatic heterocycles. The molecule has 9 aromatic rings. The third-order valence-electron chi connectivity index (χ3n) is 9.17. The van der Waals surface area contributed by atoms with Crippen LogP contribution in [-0.2, 0) is 0 Å². The van der Waals surface area contributed by atoms with Crippen molar-refractivity contribution in [3.05, 3.63) is 146 Å². The summed E-state index contributed by atoms with van der Waals surface area (Å²) >= 11 is 0. The van der Waals surface area contributed by atoms with E-state index in [9.17, 15) is 0 Å². The zero-order valence-electron chi connectivity index (χ0n) is 25.1. The van der Waals surface area contributed by atoms with Gasteiger partial charge in [-0.3, -0.25) is 4.98 Å². The number of aromatic nitrogens is 4. The van der Waals surface area contributed by atoms with Crippen molar-refractivity contribution in [2.45, 2.75) is 0 Å². The summed E-state index contributed by atoms with van der Waals surface area (Å²) in [5.41, 5.74) is 12.3. The zero-order valence-corrected chi connectivity index (χ0v) is 25.1. The van der Waals surface area contributed by atoms with Gasteiger partial charge in [0.1, 0.15) is 11.2 Å². The van der Waals surface area contributed by atoms with Crippen LogP contribution in [-0.4, -0.2) is 19.9 Å². The second-order valence-electron chi connectivity index (χ2n) is 11.8. The summed E-state index contributed by atoms with van der Waals surface area (Å²) in [4.78, 5) is 20.3. The van der Waals surface area contributed by atoms with Crippen molar-refractivity contribution < 1.29 is 4.42 Å². The Morgan fingerprint density at radius 1 is 0.362 bits per heavy atom. The van der Waals surface area contributed by atoms with Crippen LogP contribution in [0.2, 0.25) is 0 Å². The number of benzene rings is 6. The molecule has 0 aliphatic heterocycles. The molecule has 0 saturated heterocycles. The molecule has 0 N–H and O–H groups in total. The number of fused-ring (bicyclic) bond motifs is 6. The van der Waals surface area contributed by atoms with E-state index in [0.29, 0.717) is 17.5 Å². The Bertz CT molecular complexity index is 2650. The Kier molecular flexibility index (Phi) is 5.51. The molecule has 10 rings (SSSR count). The smallest absolute Gasteiger partial charge is 0.166 e. The van der Waals surface area contributed by atoms with Gasteiger partial charge < -0.3 is 4.42 Å². The first kappa shape index (κ1) is 25.8. The molecule has 3 heterocycles. The molecule has 0 fully saturated rings. The molecule has 5 nitrogen and oxygen atoms in total. The first-order chi connectivity index (χ1) is 23.3. The number of furan rings is 1. The summed E-state index contributed by atoms with van der Waals surface area (Å²) in [6.45, 7) is 0. The lowest BCUT2D eigenvalue weighted by molar-refractivity contribution is 0.669. The summed E-state index contributed by atoms with van der Waals surface area (Å²) in [6, 6.07) is 47.9. The first-order valence-electron chi connectivity index (χ1n) is 15.6. The van der Waals surface area contributed by atoms with Gasteiger partial charge in [-0.1, -0.05) is 115 Å². The van der Waals surface area contributed by atoms with Gasteiger partial charge in [-0.05, 0) is 57.6 Å². The fourth-order valence-corrected chi connectivity index (χ4v) is 7.00. The van der Waals surface area contributed by atoms with Crippen molar-refractivity contribution in [3.8, 4) is 67.5 Å². The molecule has 0 amide bonds. The van der Waals surface area contributed by atoms with Crippen molar-refractivity contribution in [3.63, 3.8) is 0 Å². The number of pyridine rings is 1.